The van der Waals surface area contributed by atoms with Gasteiger partial charge in [-0.1, -0.05) is 17.7 Å². The number of rotatable bonds is 7. The molecule has 0 aliphatic rings. The Balaban J connectivity index is 1.45. The first-order chi connectivity index (χ1) is 12.2. The molecule has 0 aliphatic carbocycles. The first-order valence-electron chi connectivity index (χ1n) is 8.16. The predicted octanol–water partition coefficient (Wildman–Crippen LogP) is 3.79. The summed E-state index contributed by atoms with van der Waals surface area (Å²) in [7, 11) is 1.58. The van der Waals surface area contributed by atoms with E-state index in [4.69, 9.17) is 16.3 Å². The summed E-state index contributed by atoms with van der Waals surface area (Å²) in [6.45, 7) is 1.27. The highest BCUT2D eigenvalue weighted by Crippen LogP contribution is 2.20. The number of carbonyl (C=O) groups excluding carboxylic acids is 1. The first kappa shape index (κ1) is 17.3. The van der Waals surface area contributed by atoms with Gasteiger partial charge in [0.1, 0.15) is 0 Å². The molecule has 3 rings (SSSR count). The monoisotopic (exact) mass is 357 g/mol. The fourth-order valence-electron chi connectivity index (χ4n) is 2.70. The quantitative estimate of drug-likeness (QED) is 0.699. The number of halogens is 1. The molecular formula is C19H20ClN3O2. The van der Waals surface area contributed by atoms with Crippen molar-refractivity contribution in [2.45, 2.75) is 25.9 Å². The molecule has 0 fully saturated rings. The molecule has 130 valence electrons. The number of nitrogens with zero attached hydrogens (tertiary/aromatic N) is 2. The van der Waals surface area contributed by atoms with E-state index in [-0.39, 0.29) is 5.91 Å². The van der Waals surface area contributed by atoms with Gasteiger partial charge in [0.15, 0.2) is 0 Å². The SMILES string of the molecule is COc1ccc(CNC(=O)CCCn2ccc3cc(Cl)ccc32)cn1. The van der Waals surface area contributed by atoms with Gasteiger partial charge in [0, 0.05) is 53.9 Å². The van der Waals surface area contributed by atoms with E-state index in [1.807, 2.05) is 36.5 Å². The molecule has 1 N–H and O–H groups in total. The molecule has 1 aromatic carbocycles. The molecule has 2 heterocycles. The summed E-state index contributed by atoms with van der Waals surface area (Å²) in [6.07, 6.45) is 4.99. The smallest absolute Gasteiger partial charge is 0.220 e. The molecule has 0 saturated carbocycles. The number of benzene rings is 1. The maximum Gasteiger partial charge on any atom is 0.220 e. The lowest BCUT2D eigenvalue weighted by Crippen LogP contribution is -2.22. The topological polar surface area (TPSA) is 56.1 Å². The van der Waals surface area contributed by atoms with Gasteiger partial charge < -0.3 is 14.6 Å². The van der Waals surface area contributed by atoms with Crippen LogP contribution < -0.4 is 10.1 Å². The number of pyridine rings is 1. The predicted molar refractivity (Wildman–Crippen MR) is 98.8 cm³/mol. The van der Waals surface area contributed by atoms with Crippen molar-refractivity contribution in [1.29, 1.82) is 0 Å². The van der Waals surface area contributed by atoms with Gasteiger partial charge in [0.2, 0.25) is 11.8 Å². The molecule has 0 atom stereocenters. The van der Waals surface area contributed by atoms with Gasteiger partial charge in [-0.25, -0.2) is 4.98 Å². The van der Waals surface area contributed by atoms with E-state index in [9.17, 15) is 4.79 Å². The highest BCUT2D eigenvalue weighted by Gasteiger charge is 2.05. The van der Waals surface area contributed by atoms with Gasteiger partial charge in [-0.05, 0) is 36.2 Å². The summed E-state index contributed by atoms with van der Waals surface area (Å²) in [5.74, 6) is 0.602. The van der Waals surface area contributed by atoms with Crippen LogP contribution >= 0.6 is 11.6 Å². The molecule has 0 spiro atoms. The fourth-order valence-corrected chi connectivity index (χ4v) is 2.88. The Labute approximate surface area is 151 Å². The average Bonchev–Trinajstić information content (AvgIpc) is 3.02. The van der Waals surface area contributed by atoms with Crippen molar-refractivity contribution in [2.24, 2.45) is 0 Å². The van der Waals surface area contributed by atoms with Crippen LogP contribution in [0.4, 0.5) is 0 Å². The van der Waals surface area contributed by atoms with E-state index >= 15 is 0 Å². The van der Waals surface area contributed by atoms with Crippen molar-refractivity contribution in [1.82, 2.24) is 14.9 Å². The minimum Gasteiger partial charge on any atom is -0.481 e. The van der Waals surface area contributed by atoms with E-state index in [0.29, 0.717) is 18.8 Å². The number of nitrogens with one attached hydrogen (secondary N) is 1. The summed E-state index contributed by atoms with van der Waals surface area (Å²) in [5, 5.41) is 4.76. The molecule has 0 bridgehead atoms. The number of amides is 1. The Kier molecular flexibility index (Phi) is 5.56. The van der Waals surface area contributed by atoms with Crippen molar-refractivity contribution in [3.63, 3.8) is 0 Å². The Hall–Kier alpha value is -2.53. The molecule has 25 heavy (non-hydrogen) atoms. The molecule has 6 heteroatoms. The molecule has 0 unspecified atom stereocenters. The van der Waals surface area contributed by atoms with Crippen molar-refractivity contribution < 1.29 is 9.53 Å². The largest absolute Gasteiger partial charge is 0.481 e. The van der Waals surface area contributed by atoms with Crippen LogP contribution in [0, 0.1) is 0 Å². The number of aromatic nitrogens is 2. The maximum atomic E-state index is 12.0. The van der Waals surface area contributed by atoms with Crippen LogP contribution in [0.1, 0.15) is 18.4 Å². The minimum absolute atomic E-state index is 0.0373. The Morgan fingerprint density at radius 2 is 2.16 bits per heavy atom. The number of hydrogen-bond donors (Lipinski definition) is 1. The summed E-state index contributed by atoms with van der Waals surface area (Å²) in [6, 6.07) is 11.6. The summed E-state index contributed by atoms with van der Waals surface area (Å²) in [5.41, 5.74) is 2.08. The second-order valence-corrected chi connectivity index (χ2v) is 6.24. The molecule has 2 aromatic heterocycles. The molecule has 0 saturated heterocycles. The number of hydrogen-bond acceptors (Lipinski definition) is 3. The second-order valence-electron chi connectivity index (χ2n) is 5.80. The van der Waals surface area contributed by atoms with Crippen LogP contribution in [-0.2, 0) is 17.9 Å². The third-order valence-corrected chi connectivity index (χ3v) is 4.27. The molecule has 5 nitrogen and oxygen atoms in total. The van der Waals surface area contributed by atoms with E-state index in [1.54, 1.807) is 19.4 Å². The number of methoxy groups -OCH3 is 1. The van der Waals surface area contributed by atoms with Crippen LogP contribution in [-0.4, -0.2) is 22.6 Å². The van der Waals surface area contributed by atoms with E-state index in [0.717, 1.165) is 34.5 Å². The second kappa shape index (κ2) is 8.03. The van der Waals surface area contributed by atoms with Crippen LogP contribution in [0.3, 0.4) is 0 Å². The third-order valence-electron chi connectivity index (χ3n) is 4.03. The van der Waals surface area contributed by atoms with Crippen molar-refractivity contribution >= 4 is 28.4 Å². The zero-order valence-electron chi connectivity index (χ0n) is 14.0. The molecule has 0 aliphatic heterocycles. The first-order valence-corrected chi connectivity index (χ1v) is 8.53. The van der Waals surface area contributed by atoms with Gasteiger partial charge in [-0.15, -0.1) is 0 Å². The lowest BCUT2D eigenvalue weighted by molar-refractivity contribution is -0.121. The summed E-state index contributed by atoms with van der Waals surface area (Å²) >= 11 is 6.00. The van der Waals surface area contributed by atoms with Gasteiger partial charge in [-0.3, -0.25) is 4.79 Å². The molecule has 0 radical (unpaired) electrons. The summed E-state index contributed by atoms with van der Waals surface area (Å²) in [4.78, 5) is 16.1. The highest BCUT2D eigenvalue weighted by molar-refractivity contribution is 6.31. The van der Waals surface area contributed by atoms with Gasteiger partial charge in [0.05, 0.1) is 7.11 Å². The number of carbonyl (C=O) groups is 1. The molecular weight excluding hydrogens is 338 g/mol. The number of aryl methyl sites for hydroxylation is 1. The lowest BCUT2D eigenvalue weighted by atomic mass is 10.2. The maximum absolute atomic E-state index is 12.0. The molecule has 3 aromatic rings. The van der Waals surface area contributed by atoms with E-state index in [1.165, 1.54) is 0 Å². The third kappa shape index (κ3) is 4.51. The van der Waals surface area contributed by atoms with Crippen molar-refractivity contribution in [3.8, 4) is 5.88 Å². The summed E-state index contributed by atoms with van der Waals surface area (Å²) < 4.78 is 7.16. The van der Waals surface area contributed by atoms with Crippen LogP contribution in [0.25, 0.3) is 10.9 Å². The Morgan fingerprint density at radius 1 is 1.28 bits per heavy atom. The Bertz CT molecular complexity index is 859. The van der Waals surface area contributed by atoms with Crippen molar-refractivity contribution in [3.05, 3.63) is 59.4 Å². The highest BCUT2D eigenvalue weighted by atomic mass is 35.5. The van der Waals surface area contributed by atoms with E-state index in [2.05, 4.69) is 14.9 Å². The fraction of sp³-hybridized carbons (Fsp3) is 0.263. The van der Waals surface area contributed by atoms with Gasteiger partial charge in [0.25, 0.3) is 0 Å². The van der Waals surface area contributed by atoms with Crippen LogP contribution in [0.2, 0.25) is 5.02 Å². The van der Waals surface area contributed by atoms with Crippen molar-refractivity contribution in [2.75, 3.05) is 7.11 Å². The molecule has 1 amide bonds. The average molecular weight is 358 g/mol. The van der Waals surface area contributed by atoms with Crippen LogP contribution in [0.15, 0.2) is 48.8 Å². The minimum atomic E-state index is 0.0373. The van der Waals surface area contributed by atoms with Crippen LogP contribution in [0.5, 0.6) is 5.88 Å². The number of ether oxygens (including phenoxy) is 1. The van der Waals surface area contributed by atoms with Gasteiger partial charge in [-0.2, -0.15) is 0 Å². The zero-order valence-corrected chi connectivity index (χ0v) is 14.8. The standard InChI is InChI=1S/C19H20ClN3O2/c1-25-19-7-4-14(13-22-19)12-21-18(24)3-2-9-23-10-8-15-11-16(20)5-6-17(15)23/h4-8,10-11,13H,2-3,9,12H2,1H3,(H,21,24). The normalized spacial score (nSPS) is 10.8. The lowest BCUT2D eigenvalue weighted by Gasteiger charge is -2.07. The Morgan fingerprint density at radius 3 is 2.92 bits per heavy atom. The number of fused-ring (bicyclic) bond motifs is 1. The van der Waals surface area contributed by atoms with E-state index < -0.39 is 0 Å². The zero-order chi connectivity index (χ0) is 17.6. The van der Waals surface area contributed by atoms with Gasteiger partial charge >= 0.3 is 0 Å².